The molecule has 4 heterocycles. The number of rotatable bonds is 9. The first-order valence-electron chi connectivity index (χ1n) is 14.6. The van der Waals surface area contributed by atoms with E-state index in [4.69, 9.17) is 4.74 Å². The third-order valence-corrected chi connectivity index (χ3v) is 8.37. The smallest absolute Gasteiger partial charge is 0.416 e. The molecule has 0 atom stereocenters. The van der Waals surface area contributed by atoms with Crippen molar-refractivity contribution in [1.29, 1.82) is 0 Å². The summed E-state index contributed by atoms with van der Waals surface area (Å²) in [5, 5.41) is 5.11. The zero-order chi connectivity index (χ0) is 32.1. The normalized spacial score (nSPS) is 16.6. The summed E-state index contributed by atoms with van der Waals surface area (Å²) in [6.45, 7) is 2.23. The molecule has 0 unspecified atom stereocenters. The number of ether oxygens (including phenoxy) is 1. The highest BCUT2D eigenvalue weighted by atomic mass is 32.2. The molecule has 2 aromatic carbocycles. The Morgan fingerprint density at radius 2 is 1.72 bits per heavy atom. The van der Waals surface area contributed by atoms with Gasteiger partial charge in [-0.15, -0.1) is 0 Å². The molecule has 2 amide bonds. The molecule has 2 fully saturated rings. The summed E-state index contributed by atoms with van der Waals surface area (Å²) in [4.78, 5) is 39.1. The van der Waals surface area contributed by atoms with E-state index in [1.54, 1.807) is 42.6 Å². The molecule has 2 aliphatic rings. The monoisotopic (exact) mass is 646 g/mol. The first kappa shape index (κ1) is 31.2. The number of pyridine rings is 1. The van der Waals surface area contributed by atoms with Gasteiger partial charge in [0.15, 0.2) is 0 Å². The number of carbonyl (C=O) groups excluding carboxylic acids is 2. The van der Waals surface area contributed by atoms with Gasteiger partial charge in [0.25, 0.3) is 11.1 Å². The second-order valence-electron chi connectivity index (χ2n) is 10.9. The number of hydrogen-bond acceptors (Lipinski definition) is 9. The molecular formula is C33H29F3N6O3S. The molecule has 13 heteroatoms. The van der Waals surface area contributed by atoms with Crippen LogP contribution in [-0.2, 0) is 17.5 Å². The highest BCUT2D eigenvalue weighted by molar-refractivity contribution is 8.18. The van der Waals surface area contributed by atoms with Crippen LogP contribution in [0.2, 0.25) is 0 Å². The quantitative estimate of drug-likeness (QED) is 0.193. The fourth-order valence-electron chi connectivity index (χ4n) is 5.20. The molecule has 236 valence electrons. The van der Waals surface area contributed by atoms with E-state index in [1.165, 1.54) is 0 Å². The van der Waals surface area contributed by atoms with Gasteiger partial charge in [-0.25, -0.2) is 9.97 Å². The molecule has 2 aliphatic heterocycles. The maximum absolute atomic E-state index is 13.8. The number of hydrogen-bond donors (Lipinski definition) is 2. The van der Waals surface area contributed by atoms with Crippen LogP contribution in [0.25, 0.3) is 17.3 Å². The van der Waals surface area contributed by atoms with Crippen molar-refractivity contribution < 1.29 is 27.5 Å². The number of amides is 2. The Kier molecular flexibility index (Phi) is 9.31. The lowest BCUT2D eigenvalue weighted by atomic mass is 9.97. The first-order valence-corrected chi connectivity index (χ1v) is 15.5. The van der Waals surface area contributed by atoms with Crippen LogP contribution in [0.4, 0.5) is 23.9 Å². The summed E-state index contributed by atoms with van der Waals surface area (Å²) < 4.78 is 47.2. The van der Waals surface area contributed by atoms with Crippen LogP contribution in [0.5, 0.6) is 11.5 Å². The van der Waals surface area contributed by atoms with E-state index in [-0.39, 0.29) is 17.1 Å². The number of anilines is 1. The van der Waals surface area contributed by atoms with Crippen LogP contribution in [0.3, 0.4) is 0 Å². The Morgan fingerprint density at radius 1 is 0.978 bits per heavy atom. The average molecular weight is 647 g/mol. The maximum atomic E-state index is 13.8. The van der Waals surface area contributed by atoms with E-state index in [1.807, 2.05) is 30.3 Å². The van der Waals surface area contributed by atoms with Crippen LogP contribution < -0.4 is 20.3 Å². The molecule has 0 saturated carbocycles. The van der Waals surface area contributed by atoms with E-state index in [2.05, 4.69) is 30.5 Å². The van der Waals surface area contributed by atoms with Crippen molar-refractivity contribution >= 4 is 34.9 Å². The number of carbonyl (C=O) groups is 2. The average Bonchev–Trinajstić information content (AvgIpc) is 3.37. The van der Waals surface area contributed by atoms with Gasteiger partial charge in [-0.2, -0.15) is 13.2 Å². The Hall–Kier alpha value is -4.75. The molecule has 2 saturated heterocycles. The summed E-state index contributed by atoms with van der Waals surface area (Å²) >= 11 is 0.834. The fourth-order valence-corrected chi connectivity index (χ4v) is 5.87. The predicted molar refractivity (Wildman–Crippen MR) is 169 cm³/mol. The second-order valence-corrected chi connectivity index (χ2v) is 11.9. The number of piperidine rings is 1. The number of nitrogens with one attached hydrogen (secondary N) is 2. The zero-order valence-electron chi connectivity index (χ0n) is 24.5. The van der Waals surface area contributed by atoms with Gasteiger partial charge in [-0.05, 0) is 97.7 Å². The zero-order valence-corrected chi connectivity index (χ0v) is 25.3. The van der Waals surface area contributed by atoms with Gasteiger partial charge in [0.2, 0.25) is 5.95 Å². The molecule has 0 bridgehead atoms. The third-order valence-electron chi connectivity index (χ3n) is 7.56. The van der Waals surface area contributed by atoms with Crippen molar-refractivity contribution in [2.24, 2.45) is 5.92 Å². The largest absolute Gasteiger partial charge is 0.457 e. The van der Waals surface area contributed by atoms with E-state index in [0.29, 0.717) is 60.0 Å². The molecule has 9 nitrogen and oxygen atoms in total. The van der Waals surface area contributed by atoms with Crippen LogP contribution in [0.15, 0.2) is 83.9 Å². The van der Waals surface area contributed by atoms with Crippen LogP contribution >= 0.6 is 11.8 Å². The van der Waals surface area contributed by atoms with Gasteiger partial charge in [-0.3, -0.25) is 19.9 Å². The Labute approximate surface area is 267 Å². The van der Waals surface area contributed by atoms with Crippen LogP contribution in [0.1, 0.15) is 29.8 Å². The van der Waals surface area contributed by atoms with E-state index < -0.39 is 22.9 Å². The lowest BCUT2D eigenvalue weighted by molar-refractivity contribution is -0.137. The number of thioether (sulfide) groups is 1. The number of benzene rings is 2. The first-order chi connectivity index (χ1) is 22.2. The minimum atomic E-state index is -4.51. The van der Waals surface area contributed by atoms with Crippen LogP contribution in [-0.4, -0.2) is 45.7 Å². The van der Waals surface area contributed by atoms with Gasteiger partial charge < -0.3 is 15.0 Å². The van der Waals surface area contributed by atoms with Gasteiger partial charge >= 0.3 is 6.18 Å². The maximum Gasteiger partial charge on any atom is 0.416 e. The summed E-state index contributed by atoms with van der Waals surface area (Å²) in [6, 6.07) is 19.9. The Morgan fingerprint density at radius 3 is 2.41 bits per heavy atom. The van der Waals surface area contributed by atoms with Crippen molar-refractivity contribution in [3.05, 3.63) is 101 Å². The topological polar surface area (TPSA) is 109 Å². The molecule has 0 spiro atoms. The molecule has 0 radical (unpaired) electrons. The minimum absolute atomic E-state index is 0.195. The third kappa shape index (κ3) is 7.90. The van der Waals surface area contributed by atoms with Crippen molar-refractivity contribution in [3.63, 3.8) is 0 Å². The fraction of sp³-hybridized carbons (Fsp3) is 0.242. The van der Waals surface area contributed by atoms with Gasteiger partial charge in [0.1, 0.15) is 11.5 Å². The summed E-state index contributed by atoms with van der Waals surface area (Å²) in [5.74, 6) is 1.64. The second kappa shape index (κ2) is 13.7. The molecule has 6 rings (SSSR count). The summed E-state index contributed by atoms with van der Waals surface area (Å²) in [7, 11) is 0. The van der Waals surface area contributed by atoms with Crippen molar-refractivity contribution in [2.45, 2.75) is 25.6 Å². The van der Waals surface area contributed by atoms with Crippen molar-refractivity contribution in [1.82, 2.24) is 25.6 Å². The number of alkyl halides is 3. The predicted octanol–water partition coefficient (Wildman–Crippen LogP) is 6.68. The van der Waals surface area contributed by atoms with Gasteiger partial charge in [-0.1, -0.05) is 18.2 Å². The molecule has 4 aromatic rings. The number of halogens is 3. The van der Waals surface area contributed by atoms with E-state index in [0.717, 1.165) is 36.7 Å². The highest BCUT2D eigenvalue weighted by Crippen LogP contribution is 2.33. The molecule has 2 aromatic heterocycles. The van der Waals surface area contributed by atoms with E-state index in [9.17, 15) is 22.8 Å². The lowest BCUT2D eigenvalue weighted by Crippen LogP contribution is -2.38. The van der Waals surface area contributed by atoms with Crippen molar-refractivity contribution in [3.8, 4) is 22.8 Å². The minimum Gasteiger partial charge on any atom is -0.457 e. The van der Waals surface area contributed by atoms with E-state index >= 15 is 0 Å². The number of para-hydroxylation sites is 1. The Balaban J connectivity index is 1.05. The van der Waals surface area contributed by atoms with Gasteiger partial charge in [0, 0.05) is 31.4 Å². The molecule has 0 aliphatic carbocycles. The number of nitrogens with zero attached hydrogens (tertiary/aromatic N) is 4. The standard InChI is InChI=1S/C33H29F3N6O3S/c34-33(35,36)23-16-25(39-28(17-23)22-6-8-27(9-7-22)45-26-4-2-1-3-5-26)20-37-19-21-11-14-42(15-12-21)31-38-13-10-24(40-31)18-29-30(43)41-32(44)46-29/h1-10,13,16-18,21,37H,11-12,14-15,19-20H2,(H,41,43,44). The van der Waals surface area contributed by atoms with Crippen molar-refractivity contribution in [2.75, 3.05) is 24.5 Å². The molecule has 2 N–H and O–H groups in total. The van der Waals surface area contributed by atoms with Gasteiger partial charge in [0.05, 0.1) is 27.6 Å². The lowest BCUT2D eigenvalue weighted by Gasteiger charge is -2.32. The SMILES string of the molecule is O=C1NC(=O)C(=Cc2ccnc(N3CCC(CNCc4cc(C(F)(F)F)cc(-c5ccc(Oc6ccccc6)cc5)n4)CC3)n2)S1. The highest BCUT2D eigenvalue weighted by Gasteiger charge is 2.32. The molecule has 46 heavy (non-hydrogen) atoms. The molecular weight excluding hydrogens is 617 g/mol. The summed E-state index contributed by atoms with van der Waals surface area (Å²) in [5.41, 5.74) is 0.889. The number of aromatic nitrogens is 3. The van der Waals surface area contributed by atoms with Crippen LogP contribution in [0, 0.1) is 5.92 Å². The number of imide groups is 1. The summed E-state index contributed by atoms with van der Waals surface area (Å²) in [6.07, 6.45) is 0.353. The Bertz CT molecular complexity index is 1740.